The van der Waals surface area contributed by atoms with E-state index in [2.05, 4.69) is 27.3 Å². The van der Waals surface area contributed by atoms with Gasteiger partial charge in [-0.3, -0.25) is 14.5 Å². The molecular formula is C26H30N6O6. The highest BCUT2D eigenvalue weighted by molar-refractivity contribution is 5.95. The second kappa shape index (κ2) is 12.4. The second-order valence-corrected chi connectivity index (χ2v) is 9.28. The predicted molar refractivity (Wildman–Crippen MR) is 137 cm³/mol. The number of amides is 2. The monoisotopic (exact) mass is 522 g/mol. The Kier molecular flexibility index (Phi) is 8.73. The van der Waals surface area contributed by atoms with Gasteiger partial charge in [0.25, 0.3) is 12.4 Å². The van der Waals surface area contributed by atoms with Gasteiger partial charge in [0, 0.05) is 26.2 Å². The summed E-state index contributed by atoms with van der Waals surface area (Å²) in [7, 11) is 0. The number of cyclic esters (lactones) is 1. The molecule has 2 amide bonds. The molecule has 2 atom stereocenters. The molecule has 12 heteroatoms. The number of carbonyl (C=O) groups excluding carboxylic acids is 2. The summed E-state index contributed by atoms with van der Waals surface area (Å²) in [5.41, 5.74) is 9.09. The average Bonchev–Trinajstić information content (AvgIpc) is 3.49. The van der Waals surface area contributed by atoms with Crippen molar-refractivity contribution in [2.45, 2.75) is 25.4 Å². The molecule has 12 nitrogen and oxygen atoms in total. The van der Waals surface area contributed by atoms with Gasteiger partial charge >= 0.3 is 6.09 Å². The molecule has 1 aromatic carbocycles. The number of fused-ring (bicyclic) bond motifs is 2. The number of carboxylic acid groups (broad SMARTS) is 1. The summed E-state index contributed by atoms with van der Waals surface area (Å²) in [4.78, 5) is 40.7. The van der Waals surface area contributed by atoms with Gasteiger partial charge in [0.15, 0.2) is 18.2 Å². The normalized spacial score (nSPS) is 19.3. The van der Waals surface area contributed by atoms with Gasteiger partial charge in [-0.05, 0) is 54.5 Å². The van der Waals surface area contributed by atoms with Gasteiger partial charge in [-0.15, -0.1) is 0 Å². The minimum absolute atomic E-state index is 0.0480. The maximum atomic E-state index is 12.5. The SMILES string of the molecule is N#Cc1cccc2c1CC(CN(CCN)CCC1CN(c3ccc4c(n3)NC(=O)CO4)C(=O)O1)C2.O=CO. The number of hydrogen-bond acceptors (Lipinski definition) is 9. The number of nitrogens with two attached hydrogens (primary N) is 1. The lowest BCUT2D eigenvalue weighted by Gasteiger charge is -2.25. The Morgan fingerprint density at radius 3 is 2.84 bits per heavy atom. The standard InChI is InChI=1S/C25H28N6O4.CH2O2/c26-7-9-30(13-16-10-17-2-1-3-18(12-27)20(17)11-16)8-6-19-14-31(25(33)35-19)22-5-4-21-24(28-22)29-23(32)15-34-21;2-1-3/h1-5,16,19H,6-11,13-15,26H2,(H,28,29,32);1H,(H,2,3). The molecule has 2 unspecified atom stereocenters. The number of rotatable bonds is 8. The Balaban J connectivity index is 0.00000107. The van der Waals surface area contributed by atoms with Crippen molar-refractivity contribution in [3.8, 4) is 11.8 Å². The number of anilines is 2. The summed E-state index contributed by atoms with van der Waals surface area (Å²) >= 11 is 0. The Morgan fingerprint density at radius 2 is 2.08 bits per heavy atom. The predicted octanol–water partition coefficient (Wildman–Crippen LogP) is 1.38. The van der Waals surface area contributed by atoms with Gasteiger partial charge in [-0.2, -0.15) is 5.26 Å². The van der Waals surface area contributed by atoms with E-state index in [0.29, 0.717) is 42.8 Å². The number of benzene rings is 1. The van der Waals surface area contributed by atoms with Gasteiger partial charge in [-0.25, -0.2) is 9.78 Å². The van der Waals surface area contributed by atoms with Crippen LogP contribution in [0.3, 0.4) is 0 Å². The third-order valence-corrected chi connectivity index (χ3v) is 6.73. The van der Waals surface area contributed by atoms with Crippen LogP contribution in [0.15, 0.2) is 30.3 Å². The van der Waals surface area contributed by atoms with Gasteiger partial charge in [0.05, 0.1) is 18.2 Å². The van der Waals surface area contributed by atoms with Crippen LogP contribution in [0.5, 0.6) is 5.75 Å². The fourth-order valence-corrected chi connectivity index (χ4v) is 5.10. The zero-order valence-electron chi connectivity index (χ0n) is 20.8. The number of hydrogen-bond donors (Lipinski definition) is 3. The summed E-state index contributed by atoms with van der Waals surface area (Å²) in [6.45, 7) is 3.03. The number of aromatic nitrogens is 1. The zero-order chi connectivity index (χ0) is 27.1. The number of nitrogens with one attached hydrogen (secondary N) is 1. The van der Waals surface area contributed by atoms with Crippen LogP contribution in [0, 0.1) is 17.2 Å². The third-order valence-electron chi connectivity index (χ3n) is 6.73. The van der Waals surface area contributed by atoms with Crippen molar-refractivity contribution in [1.29, 1.82) is 5.26 Å². The van der Waals surface area contributed by atoms with Crippen LogP contribution in [0.2, 0.25) is 0 Å². The van der Waals surface area contributed by atoms with Crippen LogP contribution in [0.25, 0.3) is 0 Å². The van der Waals surface area contributed by atoms with Crippen LogP contribution < -0.4 is 20.7 Å². The summed E-state index contributed by atoms with van der Waals surface area (Å²) in [6.07, 6.45) is 1.82. The molecule has 1 saturated heterocycles. The molecule has 3 heterocycles. The molecule has 2 aliphatic heterocycles. The molecular weight excluding hydrogens is 492 g/mol. The molecule has 0 bridgehead atoms. The summed E-state index contributed by atoms with van der Waals surface area (Å²) < 4.78 is 10.9. The molecule has 38 heavy (non-hydrogen) atoms. The van der Waals surface area contributed by atoms with E-state index in [-0.39, 0.29) is 25.1 Å². The van der Waals surface area contributed by atoms with Crippen LogP contribution in [-0.2, 0) is 27.2 Å². The van der Waals surface area contributed by atoms with E-state index in [1.165, 1.54) is 16.0 Å². The first kappa shape index (κ1) is 26.8. The van der Waals surface area contributed by atoms with Crippen molar-refractivity contribution in [3.63, 3.8) is 0 Å². The third kappa shape index (κ3) is 6.19. The van der Waals surface area contributed by atoms with Crippen LogP contribution in [0.4, 0.5) is 16.4 Å². The molecule has 1 aromatic heterocycles. The largest absolute Gasteiger partial charge is 0.483 e. The Morgan fingerprint density at radius 1 is 1.26 bits per heavy atom. The lowest BCUT2D eigenvalue weighted by molar-refractivity contribution is -0.123. The fourth-order valence-electron chi connectivity index (χ4n) is 5.10. The zero-order valence-corrected chi connectivity index (χ0v) is 20.8. The quantitative estimate of drug-likeness (QED) is 0.430. The summed E-state index contributed by atoms with van der Waals surface area (Å²) in [5, 5.41) is 19.0. The Hall–Kier alpha value is -4.21. The first-order chi connectivity index (χ1) is 18.4. The number of carbonyl (C=O) groups is 3. The van der Waals surface area contributed by atoms with Crippen molar-refractivity contribution in [3.05, 3.63) is 47.0 Å². The summed E-state index contributed by atoms with van der Waals surface area (Å²) in [6, 6.07) is 11.6. The Labute approximate surface area is 219 Å². The molecule has 2 aromatic rings. The van der Waals surface area contributed by atoms with Crippen molar-refractivity contribution < 1.29 is 29.0 Å². The van der Waals surface area contributed by atoms with E-state index in [9.17, 15) is 14.9 Å². The smallest absolute Gasteiger partial charge is 0.415 e. The summed E-state index contributed by atoms with van der Waals surface area (Å²) in [5.74, 6) is 1.36. The van der Waals surface area contributed by atoms with Gasteiger partial charge < -0.3 is 30.5 Å². The lowest BCUT2D eigenvalue weighted by atomic mass is 10.0. The van der Waals surface area contributed by atoms with E-state index < -0.39 is 6.09 Å². The number of ether oxygens (including phenoxy) is 2. The van der Waals surface area contributed by atoms with Crippen LogP contribution in [0.1, 0.15) is 23.1 Å². The molecule has 0 spiro atoms. The number of nitriles is 1. The van der Waals surface area contributed by atoms with Crippen LogP contribution in [-0.4, -0.2) is 78.9 Å². The van der Waals surface area contributed by atoms with Crippen molar-refractivity contribution in [2.24, 2.45) is 11.7 Å². The molecule has 1 aliphatic carbocycles. The number of nitrogens with zero attached hydrogens (tertiary/aromatic N) is 4. The van der Waals surface area contributed by atoms with Crippen LogP contribution >= 0.6 is 0 Å². The van der Waals surface area contributed by atoms with Crippen molar-refractivity contribution in [2.75, 3.05) is 49.5 Å². The average molecular weight is 523 g/mol. The Bertz CT molecular complexity index is 1230. The number of pyridine rings is 1. The van der Waals surface area contributed by atoms with E-state index in [1.807, 2.05) is 12.1 Å². The minimum atomic E-state index is -0.453. The maximum Gasteiger partial charge on any atom is 0.415 e. The lowest BCUT2D eigenvalue weighted by Crippen LogP contribution is -2.36. The van der Waals surface area contributed by atoms with Crippen molar-refractivity contribution in [1.82, 2.24) is 9.88 Å². The highest BCUT2D eigenvalue weighted by Gasteiger charge is 2.34. The molecule has 200 valence electrons. The van der Waals surface area contributed by atoms with E-state index in [1.54, 1.807) is 12.1 Å². The molecule has 1 fully saturated rings. The maximum absolute atomic E-state index is 12.5. The second-order valence-electron chi connectivity index (χ2n) is 9.28. The first-order valence-corrected chi connectivity index (χ1v) is 12.4. The topological polar surface area (TPSA) is 171 Å². The van der Waals surface area contributed by atoms with Gasteiger partial charge in [0.2, 0.25) is 0 Å². The first-order valence-electron chi connectivity index (χ1n) is 12.4. The van der Waals surface area contributed by atoms with Gasteiger partial charge in [-0.1, -0.05) is 12.1 Å². The van der Waals surface area contributed by atoms with Crippen molar-refractivity contribution >= 4 is 30.1 Å². The van der Waals surface area contributed by atoms with Gasteiger partial charge in [0.1, 0.15) is 11.9 Å². The van der Waals surface area contributed by atoms with E-state index >= 15 is 0 Å². The van der Waals surface area contributed by atoms with E-state index in [4.69, 9.17) is 25.1 Å². The highest BCUT2D eigenvalue weighted by atomic mass is 16.6. The molecule has 0 saturated carbocycles. The van der Waals surface area contributed by atoms with E-state index in [0.717, 1.165) is 38.0 Å². The highest BCUT2D eigenvalue weighted by Crippen LogP contribution is 2.31. The molecule has 0 radical (unpaired) electrons. The minimum Gasteiger partial charge on any atom is -0.483 e. The molecule has 4 N–H and O–H groups in total. The molecule has 3 aliphatic rings. The molecule has 5 rings (SSSR count). The fraction of sp³-hybridized carbons (Fsp3) is 0.423.